The number of unbranched alkanes of at least 4 members (excludes halogenated alkanes) is 3. The summed E-state index contributed by atoms with van der Waals surface area (Å²) < 4.78 is 0. The molecule has 0 rings (SSSR count). The molecule has 0 heterocycles. The summed E-state index contributed by atoms with van der Waals surface area (Å²) in [5, 5.41) is 3.58. The van der Waals surface area contributed by atoms with Gasteiger partial charge in [-0.25, -0.2) is 0 Å². The molecule has 0 aromatic carbocycles. The van der Waals surface area contributed by atoms with Crippen molar-refractivity contribution in [3.05, 3.63) is 0 Å². The van der Waals surface area contributed by atoms with Gasteiger partial charge in [-0.3, -0.25) is 0 Å². The lowest BCUT2D eigenvalue weighted by atomic mass is 10.0. The monoisotopic (exact) mass is 256 g/mol. The number of rotatable bonds is 13. The van der Waals surface area contributed by atoms with Gasteiger partial charge in [0.25, 0.3) is 0 Å². The Morgan fingerprint density at radius 3 is 2.17 bits per heavy atom. The molecule has 0 fully saturated rings. The van der Waals surface area contributed by atoms with Gasteiger partial charge in [0, 0.05) is 19.6 Å². The Hall–Kier alpha value is -0.0800. The van der Waals surface area contributed by atoms with Crippen LogP contribution in [0.3, 0.4) is 0 Å². The van der Waals surface area contributed by atoms with Gasteiger partial charge >= 0.3 is 0 Å². The van der Waals surface area contributed by atoms with E-state index in [4.69, 9.17) is 0 Å². The zero-order chi connectivity index (χ0) is 13.6. The van der Waals surface area contributed by atoms with E-state index in [1.54, 1.807) is 0 Å². The largest absolute Gasteiger partial charge is 0.315 e. The highest BCUT2D eigenvalue weighted by Crippen LogP contribution is 2.09. The van der Waals surface area contributed by atoms with Crippen molar-refractivity contribution in [2.45, 2.75) is 66.2 Å². The molecule has 2 nitrogen and oxygen atoms in total. The third-order valence-electron chi connectivity index (χ3n) is 3.93. The molecule has 0 aliphatic heterocycles. The van der Waals surface area contributed by atoms with Crippen LogP contribution in [-0.2, 0) is 0 Å². The molecule has 0 saturated heterocycles. The minimum absolute atomic E-state index is 0.884. The summed E-state index contributed by atoms with van der Waals surface area (Å²) in [5.74, 6) is 0.884. The van der Waals surface area contributed by atoms with E-state index in [0.717, 1.165) is 12.5 Å². The summed E-state index contributed by atoms with van der Waals surface area (Å²) in [4.78, 5) is 2.59. The molecule has 0 saturated carbocycles. The smallest absolute Gasteiger partial charge is 0.0107 e. The molecular weight excluding hydrogens is 220 g/mol. The van der Waals surface area contributed by atoms with E-state index in [1.807, 2.05) is 0 Å². The summed E-state index contributed by atoms with van der Waals surface area (Å²) in [6.07, 6.45) is 8.08. The quantitative estimate of drug-likeness (QED) is 0.503. The SMILES string of the molecule is CCCCCCNCCN(CC)CC(CC)CC. The minimum Gasteiger partial charge on any atom is -0.315 e. The second-order valence-electron chi connectivity index (χ2n) is 5.39. The predicted molar refractivity (Wildman–Crippen MR) is 83.2 cm³/mol. The number of likely N-dealkylation sites (N-methyl/N-ethyl adjacent to an activating group) is 1. The lowest BCUT2D eigenvalue weighted by molar-refractivity contribution is 0.234. The zero-order valence-electron chi connectivity index (χ0n) is 13.3. The third kappa shape index (κ3) is 9.90. The van der Waals surface area contributed by atoms with Crippen molar-refractivity contribution in [2.75, 3.05) is 32.7 Å². The van der Waals surface area contributed by atoms with Crippen molar-refractivity contribution < 1.29 is 0 Å². The van der Waals surface area contributed by atoms with Gasteiger partial charge in [0.15, 0.2) is 0 Å². The van der Waals surface area contributed by atoms with E-state index in [-0.39, 0.29) is 0 Å². The van der Waals surface area contributed by atoms with Gasteiger partial charge in [-0.05, 0) is 25.4 Å². The van der Waals surface area contributed by atoms with E-state index in [2.05, 4.69) is 37.9 Å². The van der Waals surface area contributed by atoms with Crippen LogP contribution in [0.25, 0.3) is 0 Å². The maximum Gasteiger partial charge on any atom is 0.0107 e. The van der Waals surface area contributed by atoms with Crippen molar-refractivity contribution in [2.24, 2.45) is 5.92 Å². The van der Waals surface area contributed by atoms with E-state index in [0.29, 0.717) is 0 Å². The van der Waals surface area contributed by atoms with E-state index in [1.165, 1.54) is 64.7 Å². The van der Waals surface area contributed by atoms with Crippen LogP contribution in [-0.4, -0.2) is 37.6 Å². The lowest BCUT2D eigenvalue weighted by Crippen LogP contribution is -2.35. The van der Waals surface area contributed by atoms with Gasteiger partial charge in [-0.15, -0.1) is 0 Å². The first-order chi connectivity index (χ1) is 8.78. The second kappa shape index (κ2) is 13.4. The first-order valence-electron chi connectivity index (χ1n) is 8.21. The van der Waals surface area contributed by atoms with Gasteiger partial charge in [-0.2, -0.15) is 0 Å². The molecule has 1 N–H and O–H groups in total. The van der Waals surface area contributed by atoms with E-state index < -0.39 is 0 Å². The van der Waals surface area contributed by atoms with Crippen LogP contribution in [0.4, 0.5) is 0 Å². The molecule has 0 radical (unpaired) electrons. The molecule has 110 valence electrons. The fourth-order valence-corrected chi connectivity index (χ4v) is 2.33. The Morgan fingerprint density at radius 1 is 0.889 bits per heavy atom. The van der Waals surface area contributed by atoms with Gasteiger partial charge in [0.2, 0.25) is 0 Å². The van der Waals surface area contributed by atoms with Crippen LogP contribution < -0.4 is 5.32 Å². The van der Waals surface area contributed by atoms with Gasteiger partial charge in [0.1, 0.15) is 0 Å². The first-order valence-corrected chi connectivity index (χ1v) is 8.21. The molecule has 0 aromatic heterocycles. The molecule has 0 amide bonds. The molecule has 2 heteroatoms. The van der Waals surface area contributed by atoms with Crippen LogP contribution in [0.15, 0.2) is 0 Å². The Kier molecular flexibility index (Phi) is 13.3. The highest BCUT2D eigenvalue weighted by molar-refractivity contribution is 4.64. The minimum atomic E-state index is 0.884. The molecule has 0 bridgehead atoms. The normalized spacial score (nSPS) is 11.7. The van der Waals surface area contributed by atoms with Crippen LogP contribution in [0.2, 0.25) is 0 Å². The Balaban J connectivity index is 3.49. The van der Waals surface area contributed by atoms with Crippen molar-refractivity contribution in [1.82, 2.24) is 10.2 Å². The van der Waals surface area contributed by atoms with Crippen molar-refractivity contribution in [3.8, 4) is 0 Å². The molecule has 0 atom stereocenters. The Bertz CT molecular complexity index is 155. The molecule has 18 heavy (non-hydrogen) atoms. The summed E-state index contributed by atoms with van der Waals surface area (Å²) in [7, 11) is 0. The summed E-state index contributed by atoms with van der Waals surface area (Å²) >= 11 is 0. The van der Waals surface area contributed by atoms with Crippen molar-refractivity contribution in [3.63, 3.8) is 0 Å². The molecule has 0 aliphatic carbocycles. The van der Waals surface area contributed by atoms with Gasteiger partial charge in [-0.1, -0.05) is 59.8 Å². The molecule has 0 aliphatic rings. The van der Waals surface area contributed by atoms with Crippen LogP contribution in [0, 0.1) is 5.92 Å². The first kappa shape index (κ1) is 17.9. The zero-order valence-corrected chi connectivity index (χ0v) is 13.3. The van der Waals surface area contributed by atoms with Crippen LogP contribution in [0.5, 0.6) is 0 Å². The number of hydrogen-bond donors (Lipinski definition) is 1. The highest BCUT2D eigenvalue weighted by Gasteiger charge is 2.08. The average molecular weight is 256 g/mol. The molecule has 0 unspecified atom stereocenters. The maximum absolute atomic E-state index is 3.58. The van der Waals surface area contributed by atoms with Gasteiger partial charge < -0.3 is 10.2 Å². The highest BCUT2D eigenvalue weighted by atomic mass is 15.1. The topological polar surface area (TPSA) is 15.3 Å². The lowest BCUT2D eigenvalue weighted by Gasteiger charge is -2.25. The Morgan fingerprint density at radius 2 is 1.61 bits per heavy atom. The van der Waals surface area contributed by atoms with Crippen molar-refractivity contribution in [1.29, 1.82) is 0 Å². The van der Waals surface area contributed by atoms with Gasteiger partial charge in [0.05, 0.1) is 0 Å². The standard InChI is InChI=1S/C16H36N2/c1-5-9-10-11-12-17-13-14-18(8-4)15-16(6-2)7-3/h16-17H,5-15H2,1-4H3. The van der Waals surface area contributed by atoms with E-state index in [9.17, 15) is 0 Å². The fourth-order valence-electron chi connectivity index (χ4n) is 2.33. The summed E-state index contributed by atoms with van der Waals surface area (Å²) in [6.45, 7) is 15.2. The molecular formula is C16H36N2. The fraction of sp³-hybridized carbons (Fsp3) is 1.00. The molecule has 0 spiro atoms. The second-order valence-corrected chi connectivity index (χ2v) is 5.39. The summed E-state index contributed by atoms with van der Waals surface area (Å²) in [5.41, 5.74) is 0. The maximum atomic E-state index is 3.58. The van der Waals surface area contributed by atoms with Crippen LogP contribution in [0.1, 0.15) is 66.2 Å². The van der Waals surface area contributed by atoms with Crippen molar-refractivity contribution >= 4 is 0 Å². The van der Waals surface area contributed by atoms with Crippen LogP contribution >= 0.6 is 0 Å². The number of nitrogens with zero attached hydrogens (tertiary/aromatic N) is 1. The number of nitrogens with one attached hydrogen (secondary N) is 1. The predicted octanol–water partition coefficient (Wildman–Crippen LogP) is 3.91. The number of hydrogen-bond acceptors (Lipinski definition) is 2. The molecule has 0 aromatic rings. The average Bonchev–Trinajstić information content (AvgIpc) is 2.41. The van der Waals surface area contributed by atoms with E-state index >= 15 is 0 Å². The third-order valence-corrected chi connectivity index (χ3v) is 3.93. The summed E-state index contributed by atoms with van der Waals surface area (Å²) in [6, 6.07) is 0. The Labute approximate surface area is 116 Å².